The molecule has 0 heterocycles. The second-order valence-electron chi connectivity index (χ2n) is 6.51. The Balaban J connectivity index is 1.79. The van der Waals surface area contributed by atoms with Crippen molar-refractivity contribution in [3.05, 3.63) is 65.2 Å². The summed E-state index contributed by atoms with van der Waals surface area (Å²) in [6, 6.07) is 14.9. The van der Waals surface area contributed by atoms with E-state index in [1.165, 1.54) is 0 Å². The molecule has 0 aliphatic heterocycles. The van der Waals surface area contributed by atoms with Crippen LogP contribution in [-0.4, -0.2) is 27.4 Å². The van der Waals surface area contributed by atoms with Gasteiger partial charge in [-0.05, 0) is 48.6 Å². The van der Waals surface area contributed by atoms with Crippen LogP contribution in [0.2, 0.25) is 0 Å². The minimum absolute atomic E-state index is 0.0702. The van der Waals surface area contributed by atoms with E-state index in [-0.39, 0.29) is 29.7 Å². The number of nitrogens with one attached hydrogen (secondary N) is 2. The molecule has 0 aromatic heterocycles. The van der Waals surface area contributed by atoms with Crippen LogP contribution in [0, 0.1) is 13.8 Å². The summed E-state index contributed by atoms with van der Waals surface area (Å²) >= 11 is 0. The van der Waals surface area contributed by atoms with Gasteiger partial charge in [0.05, 0.1) is 4.90 Å². The fourth-order valence-corrected chi connectivity index (χ4v) is 3.63. The van der Waals surface area contributed by atoms with E-state index in [1.54, 1.807) is 18.2 Å². The molecule has 2 aromatic carbocycles. The lowest BCUT2D eigenvalue weighted by Gasteiger charge is -2.13. The number of carbonyl (C=O) groups excluding carboxylic acids is 1. The highest BCUT2D eigenvalue weighted by atomic mass is 32.2. The van der Waals surface area contributed by atoms with Gasteiger partial charge in [-0.15, -0.1) is 0 Å². The molecule has 0 aliphatic rings. The standard InChI is InChI=1S/C20H26N2O3S/c1-15-9-10-19(13-16(15)2)26(24,25)22-12-11-20(23)21-14-17(3)18-7-5-4-6-8-18/h4-10,13,17,22H,11-12,14H2,1-3H3,(H,21,23)/t17-/m1/s1. The minimum atomic E-state index is -3.60. The van der Waals surface area contributed by atoms with Crippen LogP contribution in [0.3, 0.4) is 0 Å². The molecule has 1 atom stereocenters. The third-order valence-electron chi connectivity index (χ3n) is 4.41. The third-order valence-corrected chi connectivity index (χ3v) is 5.87. The maximum absolute atomic E-state index is 12.3. The maximum Gasteiger partial charge on any atom is 0.240 e. The lowest BCUT2D eigenvalue weighted by Crippen LogP contribution is -2.32. The van der Waals surface area contributed by atoms with Gasteiger partial charge in [-0.25, -0.2) is 13.1 Å². The first kappa shape index (κ1) is 20.1. The summed E-state index contributed by atoms with van der Waals surface area (Å²) in [5, 5.41) is 2.85. The van der Waals surface area contributed by atoms with Gasteiger partial charge < -0.3 is 5.32 Å². The summed E-state index contributed by atoms with van der Waals surface area (Å²) in [7, 11) is -3.60. The molecule has 2 N–H and O–H groups in total. The normalized spacial score (nSPS) is 12.6. The summed E-state index contributed by atoms with van der Waals surface area (Å²) < 4.78 is 27.1. The van der Waals surface area contributed by atoms with Gasteiger partial charge in [0.15, 0.2) is 0 Å². The fourth-order valence-electron chi connectivity index (χ4n) is 2.52. The Morgan fingerprint density at radius 3 is 2.38 bits per heavy atom. The second-order valence-corrected chi connectivity index (χ2v) is 8.28. The van der Waals surface area contributed by atoms with Crippen LogP contribution < -0.4 is 10.0 Å². The van der Waals surface area contributed by atoms with E-state index in [2.05, 4.69) is 10.0 Å². The lowest BCUT2D eigenvalue weighted by molar-refractivity contribution is -0.120. The Morgan fingerprint density at radius 1 is 1.04 bits per heavy atom. The molecule has 2 aromatic rings. The number of carbonyl (C=O) groups is 1. The molecule has 0 unspecified atom stereocenters. The maximum atomic E-state index is 12.3. The van der Waals surface area contributed by atoms with Crippen molar-refractivity contribution in [1.82, 2.24) is 10.0 Å². The molecule has 0 saturated heterocycles. The zero-order valence-corrected chi connectivity index (χ0v) is 16.3. The van der Waals surface area contributed by atoms with E-state index >= 15 is 0 Å². The predicted octanol–water partition coefficient (Wildman–Crippen LogP) is 2.89. The number of amides is 1. The third kappa shape index (κ3) is 5.68. The highest BCUT2D eigenvalue weighted by molar-refractivity contribution is 7.89. The highest BCUT2D eigenvalue weighted by Gasteiger charge is 2.15. The van der Waals surface area contributed by atoms with Crippen LogP contribution in [0.4, 0.5) is 0 Å². The van der Waals surface area contributed by atoms with Crippen molar-refractivity contribution in [2.24, 2.45) is 0 Å². The second kappa shape index (κ2) is 8.96. The number of sulfonamides is 1. The molecular weight excluding hydrogens is 348 g/mol. The van der Waals surface area contributed by atoms with E-state index < -0.39 is 10.0 Å². The SMILES string of the molecule is Cc1ccc(S(=O)(=O)NCCC(=O)NC[C@@H](C)c2ccccc2)cc1C. The Hall–Kier alpha value is -2.18. The van der Waals surface area contributed by atoms with Gasteiger partial charge in [-0.2, -0.15) is 0 Å². The summed E-state index contributed by atoms with van der Waals surface area (Å²) in [5.74, 6) is 0.0305. The smallest absolute Gasteiger partial charge is 0.240 e. The minimum Gasteiger partial charge on any atom is -0.355 e. The quantitative estimate of drug-likeness (QED) is 0.746. The van der Waals surface area contributed by atoms with Crippen molar-refractivity contribution in [3.63, 3.8) is 0 Å². The van der Waals surface area contributed by atoms with Crippen molar-refractivity contribution in [3.8, 4) is 0 Å². The largest absolute Gasteiger partial charge is 0.355 e. The van der Waals surface area contributed by atoms with Crippen LogP contribution in [0.25, 0.3) is 0 Å². The van der Waals surface area contributed by atoms with Gasteiger partial charge in [-0.3, -0.25) is 4.79 Å². The van der Waals surface area contributed by atoms with Crippen LogP contribution in [0.1, 0.15) is 36.0 Å². The van der Waals surface area contributed by atoms with Gasteiger partial charge >= 0.3 is 0 Å². The van der Waals surface area contributed by atoms with Gasteiger partial charge in [0.25, 0.3) is 0 Å². The molecule has 0 spiro atoms. The molecule has 26 heavy (non-hydrogen) atoms. The first-order valence-electron chi connectivity index (χ1n) is 8.68. The Labute approximate surface area is 155 Å². The summed E-state index contributed by atoms with van der Waals surface area (Å²) in [5.41, 5.74) is 3.11. The lowest BCUT2D eigenvalue weighted by atomic mass is 10.0. The van der Waals surface area contributed by atoms with E-state index in [9.17, 15) is 13.2 Å². The van der Waals surface area contributed by atoms with Gasteiger partial charge in [0.2, 0.25) is 15.9 Å². The average molecular weight is 375 g/mol. The van der Waals surface area contributed by atoms with Gasteiger partial charge in [0.1, 0.15) is 0 Å². The van der Waals surface area contributed by atoms with Crippen LogP contribution >= 0.6 is 0 Å². The topological polar surface area (TPSA) is 75.3 Å². The molecule has 1 amide bonds. The zero-order chi connectivity index (χ0) is 19.2. The molecule has 0 aliphatic carbocycles. The van der Waals surface area contributed by atoms with E-state index in [0.29, 0.717) is 6.54 Å². The fraction of sp³-hybridized carbons (Fsp3) is 0.350. The molecule has 140 valence electrons. The monoisotopic (exact) mass is 374 g/mol. The van der Waals surface area contributed by atoms with Crippen LogP contribution in [-0.2, 0) is 14.8 Å². The Morgan fingerprint density at radius 2 is 1.73 bits per heavy atom. The Bertz CT molecular complexity index is 849. The molecular formula is C20H26N2O3S. The molecule has 0 fully saturated rings. The molecule has 5 nitrogen and oxygen atoms in total. The zero-order valence-electron chi connectivity index (χ0n) is 15.5. The number of rotatable bonds is 8. The van der Waals surface area contributed by atoms with Crippen LogP contribution in [0.5, 0.6) is 0 Å². The van der Waals surface area contributed by atoms with Crippen molar-refractivity contribution in [1.29, 1.82) is 0 Å². The number of aryl methyl sites for hydroxylation is 2. The van der Waals surface area contributed by atoms with E-state index in [4.69, 9.17) is 0 Å². The number of benzene rings is 2. The summed E-state index contributed by atoms with van der Waals surface area (Å²) in [6.45, 7) is 6.43. The van der Waals surface area contributed by atoms with Gasteiger partial charge in [-0.1, -0.05) is 43.3 Å². The van der Waals surface area contributed by atoms with E-state index in [0.717, 1.165) is 16.7 Å². The van der Waals surface area contributed by atoms with Crippen molar-refractivity contribution in [2.75, 3.05) is 13.1 Å². The molecule has 6 heteroatoms. The predicted molar refractivity (Wildman–Crippen MR) is 104 cm³/mol. The van der Waals surface area contributed by atoms with E-state index in [1.807, 2.05) is 51.1 Å². The van der Waals surface area contributed by atoms with Gasteiger partial charge in [0, 0.05) is 19.5 Å². The number of hydrogen-bond acceptors (Lipinski definition) is 3. The van der Waals surface area contributed by atoms with Crippen molar-refractivity contribution >= 4 is 15.9 Å². The molecule has 0 saturated carbocycles. The molecule has 0 radical (unpaired) electrons. The molecule has 0 bridgehead atoms. The summed E-state index contributed by atoms with van der Waals surface area (Å²) in [6.07, 6.45) is 0.103. The first-order chi connectivity index (χ1) is 12.3. The number of hydrogen-bond donors (Lipinski definition) is 2. The van der Waals surface area contributed by atoms with Crippen LogP contribution in [0.15, 0.2) is 53.4 Å². The first-order valence-corrected chi connectivity index (χ1v) is 10.2. The Kier molecular flexibility index (Phi) is 6.94. The van der Waals surface area contributed by atoms with Crippen molar-refractivity contribution < 1.29 is 13.2 Å². The van der Waals surface area contributed by atoms with Crippen molar-refractivity contribution in [2.45, 2.75) is 38.0 Å². The summed E-state index contributed by atoms with van der Waals surface area (Å²) in [4.78, 5) is 12.2. The average Bonchev–Trinajstić information content (AvgIpc) is 2.62. The highest BCUT2D eigenvalue weighted by Crippen LogP contribution is 2.15. The molecule has 2 rings (SSSR count).